The van der Waals surface area contributed by atoms with E-state index in [2.05, 4.69) is 21.3 Å². The van der Waals surface area contributed by atoms with Crippen molar-refractivity contribution in [3.05, 3.63) is 35.9 Å². The lowest BCUT2D eigenvalue weighted by atomic mass is 9.88. The first-order valence-corrected chi connectivity index (χ1v) is 22.3. The van der Waals surface area contributed by atoms with Gasteiger partial charge in [0.1, 0.15) is 6.04 Å². The van der Waals surface area contributed by atoms with Crippen LogP contribution in [0.3, 0.4) is 0 Å². The third kappa shape index (κ3) is 22.4. The number of aliphatic hydroxyl groups is 1. The number of ketones is 2. The molecular weight excluding hydrogens is 863 g/mol. The Morgan fingerprint density at radius 3 is 1.61 bits per heavy atom. The lowest BCUT2D eigenvalue weighted by Crippen LogP contribution is -2.51. The van der Waals surface area contributed by atoms with Gasteiger partial charge < -0.3 is 52.5 Å². The molecule has 0 aliphatic rings. The zero-order valence-corrected chi connectivity index (χ0v) is 39.0. The van der Waals surface area contributed by atoms with Crippen molar-refractivity contribution in [3.63, 3.8) is 0 Å². The highest BCUT2D eigenvalue weighted by atomic mass is 16.4. The van der Waals surface area contributed by atoms with Crippen molar-refractivity contribution in [2.75, 3.05) is 0 Å². The molecule has 0 aliphatic carbocycles. The molecule has 0 saturated carbocycles. The van der Waals surface area contributed by atoms with Gasteiger partial charge in [0.25, 0.3) is 0 Å². The summed E-state index contributed by atoms with van der Waals surface area (Å²) in [6, 6.07) is 2.49. The summed E-state index contributed by atoms with van der Waals surface area (Å²) in [4.78, 5) is 127. The van der Waals surface area contributed by atoms with Crippen molar-refractivity contribution in [1.82, 2.24) is 21.3 Å². The van der Waals surface area contributed by atoms with E-state index >= 15 is 0 Å². The van der Waals surface area contributed by atoms with Crippen LogP contribution in [0, 0.1) is 35.5 Å². The molecule has 66 heavy (non-hydrogen) atoms. The Bertz CT molecular complexity index is 1820. The van der Waals surface area contributed by atoms with E-state index in [9.17, 15) is 68.4 Å². The highest BCUT2D eigenvalue weighted by molar-refractivity contribution is 5.95. The first-order valence-electron chi connectivity index (χ1n) is 22.3. The van der Waals surface area contributed by atoms with Gasteiger partial charge in [-0.05, 0) is 55.4 Å². The van der Waals surface area contributed by atoms with Crippen LogP contribution in [0.4, 0.5) is 0 Å². The quantitative estimate of drug-likeness (QED) is 0.0482. The summed E-state index contributed by atoms with van der Waals surface area (Å²) >= 11 is 0. The Morgan fingerprint density at radius 1 is 0.561 bits per heavy atom. The maximum atomic E-state index is 13.8. The predicted octanol–water partition coefficient (Wildman–Crippen LogP) is 2.07. The van der Waals surface area contributed by atoms with Crippen molar-refractivity contribution in [1.29, 1.82) is 0 Å². The number of carboxylic acid groups (broad SMARTS) is 4. The minimum atomic E-state index is -1.44. The minimum Gasteiger partial charge on any atom is -0.481 e. The predicted molar refractivity (Wildman–Crippen MR) is 239 cm³/mol. The van der Waals surface area contributed by atoms with E-state index in [1.807, 2.05) is 0 Å². The van der Waals surface area contributed by atoms with Crippen molar-refractivity contribution in [2.24, 2.45) is 41.2 Å². The van der Waals surface area contributed by atoms with Gasteiger partial charge in [0, 0.05) is 43.9 Å². The Labute approximate surface area is 385 Å². The zero-order valence-electron chi connectivity index (χ0n) is 39.0. The van der Waals surface area contributed by atoms with E-state index in [-0.39, 0.29) is 50.4 Å². The fourth-order valence-corrected chi connectivity index (χ4v) is 7.29. The summed E-state index contributed by atoms with van der Waals surface area (Å²) in [5.74, 6) is -14.1. The number of aliphatic hydroxyl groups excluding tert-OH is 1. The van der Waals surface area contributed by atoms with Crippen LogP contribution in [0.15, 0.2) is 30.3 Å². The van der Waals surface area contributed by atoms with Gasteiger partial charge in [-0.1, -0.05) is 78.8 Å². The molecule has 370 valence electrons. The van der Waals surface area contributed by atoms with E-state index in [4.69, 9.17) is 10.8 Å². The van der Waals surface area contributed by atoms with Gasteiger partial charge in [-0.3, -0.25) is 43.2 Å². The van der Waals surface area contributed by atoms with Crippen molar-refractivity contribution in [3.8, 4) is 0 Å². The second-order valence-electron chi connectivity index (χ2n) is 18.3. The average Bonchev–Trinajstić information content (AvgIpc) is 3.21. The topological polar surface area (TPSA) is 346 Å². The summed E-state index contributed by atoms with van der Waals surface area (Å²) in [7, 11) is 0. The number of Topliss-reactive ketones (excluding diaryl/α,β-unsaturated/α-hetero) is 2. The molecule has 0 fully saturated rings. The number of carbonyl (C=O) groups is 10. The van der Waals surface area contributed by atoms with Crippen LogP contribution in [0.5, 0.6) is 0 Å². The minimum absolute atomic E-state index is 0.0736. The molecule has 11 N–H and O–H groups in total. The number of carboxylic acids is 4. The summed E-state index contributed by atoms with van der Waals surface area (Å²) in [6.07, 6.45) is -4.75. The smallest absolute Gasteiger partial charge is 0.326 e. The second-order valence-corrected chi connectivity index (χ2v) is 18.3. The van der Waals surface area contributed by atoms with Gasteiger partial charge in [-0.2, -0.15) is 0 Å². The lowest BCUT2D eigenvalue weighted by Gasteiger charge is -2.30. The number of amides is 4. The van der Waals surface area contributed by atoms with Crippen molar-refractivity contribution in [2.45, 2.75) is 155 Å². The van der Waals surface area contributed by atoms with Crippen LogP contribution < -0.4 is 27.0 Å². The number of nitrogens with two attached hydrogens (primary N) is 1. The van der Waals surface area contributed by atoms with Crippen LogP contribution in [0.2, 0.25) is 0 Å². The zero-order chi connectivity index (χ0) is 50.4. The van der Waals surface area contributed by atoms with Gasteiger partial charge in [-0.15, -0.1) is 0 Å². The molecule has 0 radical (unpaired) electrons. The van der Waals surface area contributed by atoms with Gasteiger partial charge in [0.2, 0.25) is 23.6 Å². The largest absolute Gasteiger partial charge is 0.481 e. The molecule has 1 aromatic rings. The Hall–Kier alpha value is -5.76. The van der Waals surface area contributed by atoms with E-state index < -0.39 is 151 Å². The standard InChI is InChI=1S/C46H71N5O15/c1-24(2)17-32(48-44(63)30(23-40(59)60)22-36(53)33(18-25(3)4)49-45(64)31(47)14-16-39(57)58)35(52)19-27(7)42(61)51-41(26(5)6)37(54)21-29(13-15-38(55)56)43(62)50-34(46(65)66)20-28-11-9-8-10-12-28/h8-12,24-27,29-35,41,52H,13-23,47H2,1-7H3,(H,48,63)(H,49,64)(H,50,62)(H,51,61)(H,55,56)(H,57,58)(H,59,60)(H,65,66)/t27-,29-,30+,31+,32+,33+,34+,35+,41+/m1/s1. The fourth-order valence-electron chi connectivity index (χ4n) is 7.29. The van der Waals surface area contributed by atoms with Crippen LogP contribution in [-0.2, 0) is 54.4 Å². The van der Waals surface area contributed by atoms with Crippen LogP contribution >= 0.6 is 0 Å². The molecule has 1 rings (SSSR count). The van der Waals surface area contributed by atoms with Gasteiger partial charge in [0.05, 0.1) is 42.6 Å². The number of aliphatic carboxylic acids is 4. The summed E-state index contributed by atoms with van der Waals surface area (Å²) in [5, 5.41) is 59.5. The molecule has 20 nitrogen and oxygen atoms in total. The number of benzene rings is 1. The number of carbonyl (C=O) groups excluding carboxylic acids is 6. The maximum absolute atomic E-state index is 13.8. The SMILES string of the molecule is CC(C)C[C@H](NC(=O)[C@@H](N)CCC(=O)O)C(=O)C[C@@H](CC(=O)O)C(=O)N[C@@H](CC(C)C)[C@@H](O)C[C@@H](C)C(=O)N[C@H](C(=O)C[C@@H](CCC(=O)O)C(=O)N[C@@H](Cc1ccccc1)C(=O)O)C(C)C. The molecule has 0 saturated heterocycles. The second kappa shape index (κ2) is 29.0. The van der Waals surface area contributed by atoms with Crippen LogP contribution in [-0.4, -0.2) is 121 Å². The number of hydrogen-bond acceptors (Lipinski definition) is 12. The maximum Gasteiger partial charge on any atom is 0.326 e. The van der Waals surface area contributed by atoms with Gasteiger partial charge in [-0.25, -0.2) is 4.79 Å². The summed E-state index contributed by atoms with van der Waals surface area (Å²) in [5.41, 5.74) is 6.45. The van der Waals surface area contributed by atoms with E-state index in [0.717, 1.165) is 0 Å². The molecule has 0 unspecified atom stereocenters. The molecule has 4 amide bonds. The molecule has 9 atom stereocenters. The normalized spacial score (nSPS) is 15.5. The highest BCUT2D eigenvalue weighted by Crippen LogP contribution is 2.22. The number of nitrogens with one attached hydrogen (secondary N) is 4. The molecule has 0 spiro atoms. The third-order valence-corrected chi connectivity index (χ3v) is 11.0. The Balaban J connectivity index is 3.20. The molecule has 0 heterocycles. The van der Waals surface area contributed by atoms with Crippen LogP contribution in [0.25, 0.3) is 0 Å². The first kappa shape index (κ1) is 58.3. The van der Waals surface area contributed by atoms with Gasteiger partial charge in [0.15, 0.2) is 11.6 Å². The van der Waals surface area contributed by atoms with Crippen LogP contribution in [0.1, 0.15) is 118 Å². The molecule has 0 bridgehead atoms. The lowest BCUT2D eigenvalue weighted by molar-refractivity contribution is -0.143. The fraction of sp³-hybridized carbons (Fsp3) is 0.652. The monoisotopic (exact) mass is 933 g/mol. The third-order valence-electron chi connectivity index (χ3n) is 11.0. The number of hydrogen-bond donors (Lipinski definition) is 10. The van der Waals surface area contributed by atoms with Gasteiger partial charge >= 0.3 is 23.9 Å². The molecule has 0 aliphatic heterocycles. The molecule has 1 aromatic carbocycles. The van der Waals surface area contributed by atoms with Crippen molar-refractivity contribution < 1.29 is 73.5 Å². The Kier molecular flexibility index (Phi) is 25.6. The van der Waals surface area contributed by atoms with E-state index in [1.165, 1.54) is 6.92 Å². The first-order chi connectivity index (χ1) is 30.7. The summed E-state index contributed by atoms with van der Waals surface area (Å²) < 4.78 is 0. The molecule has 20 heteroatoms. The van der Waals surface area contributed by atoms with E-state index in [0.29, 0.717) is 5.56 Å². The summed E-state index contributed by atoms with van der Waals surface area (Å²) in [6.45, 7) is 11.9. The highest BCUT2D eigenvalue weighted by Gasteiger charge is 2.36. The Morgan fingerprint density at radius 2 is 1.09 bits per heavy atom. The average molecular weight is 934 g/mol. The van der Waals surface area contributed by atoms with E-state index in [1.54, 1.807) is 71.9 Å². The van der Waals surface area contributed by atoms with Crippen molar-refractivity contribution >= 4 is 59.1 Å². The molecular formula is C46H71N5O15. The molecule has 0 aromatic heterocycles. The number of rotatable bonds is 33.